The molecule has 0 aliphatic carbocycles. The number of fused-ring (bicyclic) bond motifs is 2. The van der Waals surface area contributed by atoms with Crippen LogP contribution in [0.4, 0.5) is 5.69 Å². The van der Waals surface area contributed by atoms with E-state index in [2.05, 4.69) is 0 Å². The van der Waals surface area contributed by atoms with Crippen LogP contribution in [0.2, 0.25) is 0 Å². The highest BCUT2D eigenvalue weighted by Crippen LogP contribution is 2.53. The topological polar surface area (TPSA) is 55.8 Å². The molecule has 4 atom stereocenters. The molecule has 5 heteroatoms. The van der Waals surface area contributed by atoms with Gasteiger partial charge in [-0.2, -0.15) is 0 Å². The number of hydrogen-bond acceptors (Lipinski definition) is 4. The van der Waals surface area contributed by atoms with Crippen molar-refractivity contribution in [2.75, 3.05) is 18.1 Å². The van der Waals surface area contributed by atoms with Gasteiger partial charge in [-0.1, -0.05) is 62.4 Å². The van der Waals surface area contributed by atoms with Gasteiger partial charge in [0.2, 0.25) is 5.91 Å². The van der Waals surface area contributed by atoms with Gasteiger partial charge in [-0.05, 0) is 17.4 Å². The first-order chi connectivity index (χ1) is 13.5. The Balaban J connectivity index is 1.50. The maximum Gasteiger partial charge on any atom is 0.312 e. The number of esters is 1. The molecular formula is C23H23NO4. The molecule has 0 N–H and O–H groups in total. The first-order valence-corrected chi connectivity index (χ1v) is 9.83. The average molecular weight is 377 g/mol. The summed E-state index contributed by atoms with van der Waals surface area (Å²) in [7, 11) is 0. The van der Waals surface area contributed by atoms with Gasteiger partial charge in [-0.15, -0.1) is 0 Å². The van der Waals surface area contributed by atoms with Crippen LogP contribution in [0.3, 0.4) is 0 Å². The molecule has 2 fully saturated rings. The molecule has 144 valence electrons. The zero-order chi connectivity index (χ0) is 19.5. The number of carbonyl (C=O) groups is 2. The van der Waals surface area contributed by atoms with Crippen LogP contribution in [0, 0.1) is 17.8 Å². The van der Waals surface area contributed by atoms with Gasteiger partial charge in [-0.25, -0.2) is 0 Å². The van der Waals surface area contributed by atoms with E-state index in [9.17, 15) is 9.59 Å². The Morgan fingerprint density at radius 3 is 2.86 bits per heavy atom. The standard InChI is InChI=1S/C23H23NO4/c1-14(2)12-27-22(26)19-18-10-11-23(28-18)13-24(21(25)20(19)23)17-9-5-7-15-6-3-4-8-16(15)17/h3-11,14,18-20H,12-13H2,1-2H3/t18-,19-,20+,23-/m1/s1. The summed E-state index contributed by atoms with van der Waals surface area (Å²) in [4.78, 5) is 28.0. The number of rotatable bonds is 4. The Bertz CT molecular complexity index is 992. The van der Waals surface area contributed by atoms with Crippen LogP contribution in [0.1, 0.15) is 13.8 Å². The SMILES string of the molecule is CC(C)COC(=O)[C@H]1[C@H]2C(=O)N(c3cccc4ccccc34)C[C@]23C=C[C@H]1O3. The summed E-state index contributed by atoms with van der Waals surface area (Å²) < 4.78 is 11.7. The molecule has 1 spiro atoms. The van der Waals surface area contributed by atoms with Crippen LogP contribution in [-0.4, -0.2) is 36.7 Å². The molecule has 2 aromatic rings. The summed E-state index contributed by atoms with van der Waals surface area (Å²) in [5, 5.41) is 2.10. The molecule has 3 heterocycles. The first kappa shape index (κ1) is 17.4. The Hall–Kier alpha value is -2.66. The van der Waals surface area contributed by atoms with Crippen LogP contribution in [0.5, 0.6) is 0 Å². The molecule has 5 nitrogen and oxygen atoms in total. The number of benzene rings is 2. The van der Waals surface area contributed by atoms with E-state index in [4.69, 9.17) is 9.47 Å². The number of hydrogen-bond donors (Lipinski definition) is 0. The van der Waals surface area contributed by atoms with Gasteiger partial charge in [0.25, 0.3) is 0 Å². The average Bonchev–Trinajstić information content (AvgIpc) is 3.34. The number of amides is 1. The summed E-state index contributed by atoms with van der Waals surface area (Å²) in [6.45, 7) is 4.77. The number of anilines is 1. The lowest BCUT2D eigenvalue weighted by Gasteiger charge is -2.23. The zero-order valence-corrected chi connectivity index (χ0v) is 16.0. The van der Waals surface area contributed by atoms with E-state index >= 15 is 0 Å². The number of carbonyl (C=O) groups excluding carboxylic acids is 2. The molecule has 3 aliphatic heterocycles. The lowest BCUT2D eigenvalue weighted by Crippen LogP contribution is -2.40. The second-order valence-electron chi connectivity index (χ2n) is 8.35. The molecule has 3 aliphatic rings. The van der Waals surface area contributed by atoms with Crippen molar-refractivity contribution >= 4 is 28.3 Å². The largest absolute Gasteiger partial charge is 0.465 e. The Morgan fingerprint density at radius 1 is 1.25 bits per heavy atom. The van der Waals surface area contributed by atoms with Crippen molar-refractivity contribution in [2.45, 2.75) is 25.6 Å². The van der Waals surface area contributed by atoms with E-state index in [1.807, 2.05) is 68.5 Å². The lowest BCUT2D eigenvalue weighted by atomic mass is 9.77. The quantitative estimate of drug-likeness (QED) is 0.606. The molecule has 0 saturated carbocycles. The predicted octanol–water partition coefficient (Wildman–Crippen LogP) is 3.33. The fourth-order valence-electron chi connectivity index (χ4n) is 4.76. The van der Waals surface area contributed by atoms with Gasteiger partial charge in [-0.3, -0.25) is 9.59 Å². The van der Waals surface area contributed by atoms with Gasteiger partial charge < -0.3 is 14.4 Å². The fourth-order valence-corrected chi connectivity index (χ4v) is 4.76. The minimum absolute atomic E-state index is 0.0605. The smallest absolute Gasteiger partial charge is 0.312 e. The van der Waals surface area contributed by atoms with E-state index in [1.165, 1.54) is 0 Å². The van der Waals surface area contributed by atoms with E-state index in [0.29, 0.717) is 13.2 Å². The zero-order valence-electron chi connectivity index (χ0n) is 16.0. The normalized spacial score (nSPS) is 30.5. The van der Waals surface area contributed by atoms with Crippen molar-refractivity contribution in [3.8, 4) is 0 Å². The maximum atomic E-state index is 13.5. The Morgan fingerprint density at radius 2 is 2.04 bits per heavy atom. The molecule has 5 rings (SSSR count). The monoisotopic (exact) mass is 377 g/mol. The fraction of sp³-hybridized carbons (Fsp3) is 0.391. The van der Waals surface area contributed by atoms with E-state index in [0.717, 1.165) is 16.5 Å². The molecule has 0 unspecified atom stereocenters. The second kappa shape index (κ2) is 6.17. The van der Waals surface area contributed by atoms with E-state index in [1.54, 1.807) is 4.90 Å². The van der Waals surface area contributed by atoms with Crippen molar-refractivity contribution in [3.05, 3.63) is 54.6 Å². The minimum atomic E-state index is -0.736. The molecule has 1 amide bonds. The van der Waals surface area contributed by atoms with Crippen molar-refractivity contribution in [2.24, 2.45) is 17.8 Å². The van der Waals surface area contributed by atoms with E-state index in [-0.39, 0.29) is 23.9 Å². The van der Waals surface area contributed by atoms with Gasteiger partial charge in [0.05, 0.1) is 30.9 Å². The van der Waals surface area contributed by atoms with Gasteiger partial charge in [0.15, 0.2) is 0 Å². The minimum Gasteiger partial charge on any atom is -0.465 e. The summed E-state index contributed by atoms with van der Waals surface area (Å²) in [6.07, 6.45) is 3.51. The van der Waals surface area contributed by atoms with Gasteiger partial charge in [0.1, 0.15) is 11.5 Å². The van der Waals surface area contributed by atoms with Crippen LogP contribution in [-0.2, 0) is 19.1 Å². The highest BCUT2D eigenvalue weighted by Gasteiger charge is 2.67. The van der Waals surface area contributed by atoms with Crippen LogP contribution < -0.4 is 4.90 Å². The highest BCUT2D eigenvalue weighted by atomic mass is 16.6. The molecule has 0 aromatic heterocycles. The van der Waals surface area contributed by atoms with Crippen LogP contribution >= 0.6 is 0 Å². The molecule has 2 saturated heterocycles. The Labute approximate surface area is 163 Å². The van der Waals surface area contributed by atoms with Crippen molar-refractivity contribution in [1.29, 1.82) is 0 Å². The summed E-state index contributed by atoms with van der Waals surface area (Å²) in [5.41, 5.74) is 0.127. The molecular weight excluding hydrogens is 354 g/mol. The summed E-state index contributed by atoms with van der Waals surface area (Å²) >= 11 is 0. The number of ether oxygens (including phenoxy) is 2. The maximum absolute atomic E-state index is 13.5. The van der Waals surface area contributed by atoms with Crippen LogP contribution in [0.25, 0.3) is 10.8 Å². The molecule has 2 bridgehead atoms. The molecule has 0 radical (unpaired) electrons. The van der Waals surface area contributed by atoms with Crippen molar-refractivity contribution in [3.63, 3.8) is 0 Å². The summed E-state index contributed by atoms with van der Waals surface area (Å²) in [5.74, 6) is -1.24. The Kier molecular flexibility index (Phi) is 3.85. The van der Waals surface area contributed by atoms with E-state index < -0.39 is 17.4 Å². The van der Waals surface area contributed by atoms with Gasteiger partial charge >= 0.3 is 5.97 Å². The van der Waals surface area contributed by atoms with Gasteiger partial charge in [0, 0.05) is 5.39 Å². The lowest BCUT2D eigenvalue weighted by molar-refractivity contribution is -0.153. The molecule has 2 aromatic carbocycles. The number of nitrogens with zero attached hydrogens (tertiary/aromatic N) is 1. The molecule has 28 heavy (non-hydrogen) atoms. The third-order valence-corrected chi connectivity index (χ3v) is 5.99. The first-order valence-electron chi connectivity index (χ1n) is 9.83. The summed E-state index contributed by atoms with van der Waals surface area (Å²) in [6, 6.07) is 14.0. The van der Waals surface area contributed by atoms with Crippen molar-refractivity contribution < 1.29 is 19.1 Å². The predicted molar refractivity (Wildman–Crippen MR) is 106 cm³/mol. The van der Waals surface area contributed by atoms with Crippen molar-refractivity contribution in [1.82, 2.24) is 0 Å². The third-order valence-electron chi connectivity index (χ3n) is 5.99. The third kappa shape index (κ3) is 2.42. The second-order valence-corrected chi connectivity index (χ2v) is 8.35. The highest BCUT2D eigenvalue weighted by molar-refractivity contribution is 6.08. The van der Waals surface area contributed by atoms with Crippen LogP contribution in [0.15, 0.2) is 54.6 Å².